The number of hydrogen-bond donors (Lipinski definition) is 1. The lowest BCUT2D eigenvalue weighted by Crippen LogP contribution is -2.15. The summed E-state index contributed by atoms with van der Waals surface area (Å²) < 4.78 is 0. The zero-order valence-electron chi connectivity index (χ0n) is 10.0. The lowest BCUT2D eigenvalue weighted by Gasteiger charge is -2.17. The molecule has 2 nitrogen and oxygen atoms in total. The van der Waals surface area contributed by atoms with Crippen molar-refractivity contribution in [2.24, 2.45) is 5.92 Å². The van der Waals surface area contributed by atoms with Crippen LogP contribution in [-0.4, -0.2) is 11.1 Å². The van der Waals surface area contributed by atoms with Crippen LogP contribution in [0.1, 0.15) is 43.6 Å². The molecule has 0 spiro atoms. The maximum Gasteiger partial charge on any atom is 0.310 e. The summed E-state index contributed by atoms with van der Waals surface area (Å²) in [7, 11) is 0. The van der Waals surface area contributed by atoms with Gasteiger partial charge in [0.15, 0.2) is 0 Å². The van der Waals surface area contributed by atoms with E-state index in [1.807, 2.05) is 0 Å². The van der Waals surface area contributed by atoms with Gasteiger partial charge >= 0.3 is 5.97 Å². The fourth-order valence-electron chi connectivity index (χ4n) is 2.69. The van der Waals surface area contributed by atoms with Crippen LogP contribution >= 0.6 is 23.2 Å². The molecular weight excluding hydrogens is 271 g/mol. The Morgan fingerprint density at radius 3 is 2.50 bits per heavy atom. The number of halogens is 2. The van der Waals surface area contributed by atoms with Crippen LogP contribution < -0.4 is 0 Å². The first-order valence-electron chi connectivity index (χ1n) is 6.25. The summed E-state index contributed by atoms with van der Waals surface area (Å²) in [6.45, 7) is 0. The van der Waals surface area contributed by atoms with Crippen molar-refractivity contribution in [3.05, 3.63) is 33.8 Å². The summed E-state index contributed by atoms with van der Waals surface area (Å²) in [5, 5.41) is 10.3. The van der Waals surface area contributed by atoms with E-state index in [0.717, 1.165) is 18.4 Å². The normalized spacial score (nSPS) is 17.9. The van der Waals surface area contributed by atoms with Crippen LogP contribution in [0.3, 0.4) is 0 Å². The van der Waals surface area contributed by atoms with Crippen molar-refractivity contribution < 1.29 is 9.90 Å². The predicted octanol–water partition coefficient (Wildman–Crippen LogP) is 4.74. The van der Waals surface area contributed by atoms with Crippen molar-refractivity contribution in [3.8, 4) is 0 Å². The molecule has 2 rings (SSSR count). The second-order valence-electron chi connectivity index (χ2n) is 4.95. The van der Waals surface area contributed by atoms with Gasteiger partial charge in [-0.15, -0.1) is 0 Å². The molecule has 0 radical (unpaired) electrons. The van der Waals surface area contributed by atoms with Gasteiger partial charge in [-0.05, 0) is 30.0 Å². The van der Waals surface area contributed by atoms with E-state index < -0.39 is 11.9 Å². The number of aliphatic carboxylic acids is 1. The van der Waals surface area contributed by atoms with Crippen LogP contribution in [-0.2, 0) is 4.79 Å². The van der Waals surface area contributed by atoms with E-state index in [9.17, 15) is 9.90 Å². The van der Waals surface area contributed by atoms with Crippen LogP contribution in [0.2, 0.25) is 10.0 Å². The molecular formula is C14H16Cl2O2. The highest BCUT2D eigenvalue weighted by atomic mass is 35.5. The van der Waals surface area contributed by atoms with Gasteiger partial charge in [-0.25, -0.2) is 0 Å². The van der Waals surface area contributed by atoms with Crippen LogP contribution in [0.25, 0.3) is 0 Å². The number of benzene rings is 1. The van der Waals surface area contributed by atoms with Gasteiger partial charge in [0.2, 0.25) is 0 Å². The highest BCUT2D eigenvalue weighted by Crippen LogP contribution is 2.35. The SMILES string of the molecule is O=C(O)[C@@H](CC1CCCC1)c1ccc(Cl)c(Cl)c1. The number of hydrogen-bond acceptors (Lipinski definition) is 1. The minimum absolute atomic E-state index is 0.423. The van der Waals surface area contributed by atoms with E-state index in [4.69, 9.17) is 23.2 Å². The van der Waals surface area contributed by atoms with Gasteiger partial charge in [0, 0.05) is 0 Å². The third-order valence-electron chi connectivity index (χ3n) is 3.69. The number of carbonyl (C=O) groups is 1. The summed E-state index contributed by atoms with van der Waals surface area (Å²) in [5.41, 5.74) is 0.754. The van der Waals surface area contributed by atoms with E-state index >= 15 is 0 Å². The Balaban J connectivity index is 2.17. The molecule has 1 fully saturated rings. The van der Waals surface area contributed by atoms with E-state index in [2.05, 4.69) is 0 Å². The van der Waals surface area contributed by atoms with Crippen LogP contribution in [0.5, 0.6) is 0 Å². The largest absolute Gasteiger partial charge is 0.481 e. The zero-order valence-corrected chi connectivity index (χ0v) is 11.5. The van der Waals surface area contributed by atoms with Crippen molar-refractivity contribution in [3.63, 3.8) is 0 Å². The zero-order chi connectivity index (χ0) is 13.1. The van der Waals surface area contributed by atoms with E-state index in [0.29, 0.717) is 22.4 Å². The van der Waals surface area contributed by atoms with Gasteiger partial charge < -0.3 is 5.11 Å². The molecule has 1 atom stereocenters. The molecule has 0 unspecified atom stereocenters. The molecule has 1 aliphatic carbocycles. The predicted molar refractivity (Wildman–Crippen MR) is 73.4 cm³/mol. The fraction of sp³-hybridized carbons (Fsp3) is 0.500. The Bertz CT molecular complexity index is 439. The Hall–Kier alpha value is -0.730. The molecule has 4 heteroatoms. The number of rotatable bonds is 4. The maximum absolute atomic E-state index is 11.4. The lowest BCUT2D eigenvalue weighted by atomic mass is 9.88. The van der Waals surface area contributed by atoms with Gasteiger partial charge in [-0.2, -0.15) is 0 Å². The fourth-order valence-corrected chi connectivity index (χ4v) is 2.99. The molecule has 0 aromatic heterocycles. The Labute approximate surface area is 117 Å². The van der Waals surface area contributed by atoms with Gasteiger partial charge in [-0.3, -0.25) is 4.79 Å². The molecule has 18 heavy (non-hydrogen) atoms. The average molecular weight is 287 g/mol. The molecule has 0 saturated heterocycles. The van der Waals surface area contributed by atoms with Crippen molar-refractivity contribution in [1.29, 1.82) is 0 Å². The van der Waals surface area contributed by atoms with Gasteiger partial charge in [-0.1, -0.05) is 55.0 Å². The van der Waals surface area contributed by atoms with Crippen molar-refractivity contribution in [1.82, 2.24) is 0 Å². The van der Waals surface area contributed by atoms with Gasteiger partial charge in [0.05, 0.1) is 16.0 Å². The average Bonchev–Trinajstić information content (AvgIpc) is 2.82. The highest BCUT2D eigenvalue weighted by Gasteiger charge is 2.26. The Kier molecular flexibility index (Phi) is 4.52. The first-order valence-corrected chi connectivity index (χ1v) is 7.01. The molecule has 1 aromatic rings. The third kappa shape index (κ3) is 3.18. The standard InChI is InChI=1S/C14H16Cl2O2/c15-12-6-5-10(8-13(12)16)11(14(17)18)7-9-3-1-2-4-9/h5-6,8-9,11H,1-4,7H2,(H,17,18)/t11-/m0/s1. The molecule has 98 valence electrons. The van der Waals surface area contributed by atoms with Gasteiger partial charge in [0.1, 0.15) is 0 Å². The molecule has 0 aliphatic heterocycles. The summed E-state index contributed by atoms with van der Waals surface area (Å²) in [6.07, 6.45) is 5.43. The second kappa shape index (κ2) is 5.94. The second-order valence-corrected chi connectivity index (χ2v) is 5.76. The monoisotopic (exact) mass is 286 g/mol. The number of carboxylic acid groups (broad SMARTS) is 1. The lowest BCUT2D eigenvalue weighted by molar-refractivity contribution is -0.139. The molecule has 0 amide bonds. The van der Waals surface area contributed by atoms with E-state index in [1.54, 1.807) is 18.2 Å². The molecule has 1 aliphatic rings. The maximum atomic E-state index is 11.4. The molecule has 1 aromatic carbocycles. The smallest absolute Gasteiger partial charge is 0.310 e. The van der Waals surface area contributed by atoms with E-state index in [-0.39, 0.29) is 0 Å². The minimum atomic E-state index is -0.778. The summed E-state index contributed by atoms with van der Waals surface area (Å²) >= 11 is 11.8. The Morgan fingerprint density at radius 2 is 1.94 bits per heavy atom. The van der Waals surface area contributed by atoms with Crippen molar-refractivity contribution in [2.75, 3.05) is 0 Å². The first kappa shape index (κ1) is 13.7. The van der Waals surface area contributed by atoms with E-state index in [1.165, 1.54) is 12.8 Å². The minimum Gasteiger partial charge on any atom is -0.481 e. The van der Waals surface area contributed by atoms with Crippen LogP contribution in [0.15, 0.2) is 18.2 Å². The first-order chi connectivity index (χ1) is 8.58. The van der Waals surface area contributed by atoms with Gasteiger partial charge in [0.25, 0.3) is 0 Å². The van der Waals surface area contributed by atoms with Crippen molar-refractivity contribution in [2.45, 2.75) is 38.0 Å². The summed E-state index contributed by atoms with van der Waals surface area (Å²) in [5.74, 6) is -0.719. The Morgan fingerprint density at radius 1 is 1.28 bits per heavy atom. The number of carboxylic acids is 1. The van der Waals surface area contributed by atoms with Crippen LogP contribution in [0.4, 0.5) is 0 Å². The third-order valence-corrected chi connectivity index (χ3v) is 4.43. The molecule has 1 N–H and O–H groups in total. The topological polar surface area (TPSA) is 37.3 Å². The molecule has 1 saturated carbocycles. The quantitative estimate of drug-likeness (QED) is 0.868. The van der Waals surface area contributed by atoms with Crippen molar-refractivity contribution >= 4 is 29.2 Å². The summed E-state index contributed by atoms with van der Waals surface area (Å²) in [6, 6.07) is 5.11. The molecule has 0 bridgehead atoms. The highest BCUT2D eigenvalue weighted by molar-refractivity contribution is 6.42. The molecule has 0 heterocycles. The van der Waals surface area contributed by atoms with Crippen LogP contribution in [0, 0.1) is 5.92 Å². The summed E-state index contributed by atoms with van der Waals surface area (Å²) in [4.78, 5) is 11.4.